The van der Waals surface area contributed by atoms with E-state index in [0.29, 0.717) is 23.1 Å². The molecule has 0 aliphatic heterocycles. The number of furan rings is 1. The minimum absolute atomic E-state index is 0.236. The third kappa shape index (κ3) is 4.53. The van der Waals surface area contributed by atoms with Crippen LogP contribution in [0.25, 0.3) is 27.7 Å². The van der Waals surface area contributed by atoms with E-state index in [1.165, 1.54) is 11.3 Å². The van der Waals surface area contributed by atoms with E-state index in [2.05, 4.69) is 10.3 Å². The third-order valence-corrected chi connectivity index (χ3v) is 5.85. The van der Waals surface area contributed by atoms with Crippen molar-refractivity contribution in [1.82, 2.24) is 4.98 Å². The Labute approximate surface area is 190 Å². The molecular weight excluding hydrogens is 424 g/mol. The number of anilines is 1. The lowest BCUT2D eigenvalue weighted by Gasteiger charge is -2.12. The number of hydrogen-bond acceptors (Lipinski definition) is 6. The summed E-state index contributed by atoms with van der Waals surface area (Å²) in [5.74, 6) is 1.20. The van der Waals surface area contributed by atoms with Crippen LogP contribution in [0.5, 0.6) is 11.5 Å². The van der Waals surface area contributed by atoms with Crippen molar-refractivity contribution in [3.63, 3.8) is 0 Å². The zero-order valence-electron chi connectivity index (χ0n) is 18.4. The molecule has 4 aromatic rings. The molecule has 0 saturated heterocycles. The summed E-state index contributed by atoms with van der Waals surface area (Å²) in [6.07, 6.45) is 3.29. The van der Waals surface area contributed by atoms with Crippen molar-refractivity contribution in [3.8, 4) is 22.6 Å². The van der Waals surface area contributed by atoms with E-state index in [0.717, 1.165) is 39.1 Å². The number of amides is 1. The Hall–Kier alpha value is -3.58. The van der Waals surface area contributed by atoms with Gasteiger partial charge < -0.3 is 13.9 Å². The number of carbonyl (C=O) groups is 1. The van der Waals surface area contributed by atoms with Gasteiger partial charge in [0, 0.05) is 34.0 Å². The average molecular weight is 449 g/mol. The Morgan fingerprint density at radius 3 is 2.84 bits per heavy atom. The maximum absolute atomic E-state index is 12.6. The maximum atomic E-state index is 12.6. The van der Waals surface area contributed by atoms with Crippen LogP contribution in [0.4, 0.5) is 5.13 Å². The van der Waals surface area contributed by atoms with Gasteiger partial charge in [0.1, 0.15) is 17.1 Å². The van der Waals surface area contributed by atoms with Gasteiger partial charge in [0.15, 0.2) is 5.13 Å². The second-order valence-electron chi connectivity index (χ2n) is 7.27. The molecule has 0 spiro atoms. The molecule has 0 saturated carbocycles. The van der Waals surface area contributed by atoms with Crippen molar-refractivity contribution < 1.29 is 18.7 Å². The summed E-state index contributed by atoms with van der Waals surface area (Å²) in [7, 11) is 1.64. The topological polar surface area (TPSA) is 73.6 Å². The SMILES string of the molecule is CCOc1cc2occ(-c3cccc(OC)c3)c2cc1/C(C)=C/C(=O)Nc1nc(C)cs1. The Kier molecular flexibility index (Phi) is 6.28. The lowest BCUT2D eigenvalue weighted by atomic mass is 9.99. The quantitative estimate of drug-likeness (QED) is 0.335. The predicted octanol–water partition coefficient (Wildman–Crippen LogP) is 6.31. The summed E-state index contributed by atoms with van der Waals surface area (Å²) < 4.78 is 17.1. The molecule has 2 heterocycles. The first-order chi connectivity index (χ1) is 15.5. The number of benzene rings is 2. The average Bonchev–Trinajstić information content (AvgIpc) is 3.38. The molecule has 0 unspecified atom stereocenters. The Morgan fingerprint density at radius 2 is 2.12 bits per heavy atom. The Morgan fingerprint density at radius 1 is 1.28 bits per heavy atom. The molecule has 0 aliphatic rings. The summed E-state index contributed by atoms with van der Waals surface area (Å²) in [6, 6.07) is 11.7. The van der Waals surface area contributed by atoms with Gasteiger partial charge in [-0.3, -0.25) is 10.1 Å². The largest absolute Gasteiger partial charge is 0.497 e. The summed E-state index contributed by atoms with van der Waals surface area (Å²) >= 11 is 1.40. The molecule has 1 amide bonds. The number of allylic oxidation sites excluding steroid dienone is 1. The zero-order valence-corrected chi connectivity index (χ0v) is 19.2. The third-order valence-electron chi connectivity index (χ3n) is 4.98. The van der Waals surface area contributed by atoms with Crippen LogP contribution in [0.3, 0.4) is 0 Å². The van der Waals surface area contributed by atoms with Crippen LogP contribution in [0, 0.1) is 6.92 Å². The monoisotopic (exact) mass is 448 g/mol. The summed E-state index contributed by atoms with van der Waals surface area (Å²) in [4.78, 5) is 16.8. The number of fused-ring (bicyclic) bond motifs is 1. The van der Waals surface area contributed by atoms with Crippen molar-refractivity contribution in [2.45, 2.75) is 20.8 Å². The molecule has 1 N–H and O–H groups in total. The molecule has 0 aliphatic carbocycles. The van der Waals surface area contributed by atoms with Gasteiger partial charge >= 0.3 is 0 Å². The fourth-order valence-corrected chi connectivity index (χ4v) is 4.17. The van der Waals surface area contributed by atoms with Gasteiger partial charge in [0.2, 0.25) is 5.91 Å². The number of rotatable bonds is 7. The summed E-state index contributed by atoms with van der Waals surface area (Å²) in [6.45, 7) is 6.21. The molecular formula is C25H24N2O4S. The molecule has 2 aromatic carbocycles. The molecule has 6 nitrogen and oxygen atoms in total. The number of aromatic nitrogens is 1. The molecule has 164 valence electrons. The number of nitrogens with zero attached hydrogens (tertiary/aromatic N) is 1. The van der Waals surface area contributed by atoms with Gasteiger partial charge in [-0.1, -0.05) is 12.1 Å². The van der Waals surface area contributed by atoms with Crippen LogP contribution >= 0.6 is 11.3 Å². The van der Waals surface area contributed by atoms with E-state index in [1.807, 2.05) is 62.5 Å². The second-order valence-corrected chi connectivity index (χ2v) is 8.13. The number of carbonyl (C=O) groups excluding carboxylic acids is 1. The number of aryl methyl sites for hydroxylation is 1. The van der Waals surface area contributed by atoms with E-state index in [9.17, 15) is 4.79 Å². The van der Waals surface area contributed by atoms with Gasteiger partial charge in [-0.15, -0.1) is 11.3 Å². The predicted molar refractivity (Wildman–Crippen MR) is 129 cm³/mol. The zero-order chi connectivity index (χ0) is 22.7. The van der Waals surface area contributed by atoms with E-state index in [1.54, 1.807) is 19.4 Å². The number of methoxy groups -OCH3 is 1. The van der Waals surface area contributed by atoms with Crippen LogP contribution in [-0.2, 0) is 4.79 Å². The fraction of sp³-hybridized carbons (Fsp3) is 0.200. The van der Waals surface area contributed by atoms with E-state index >= 15 is 0 Å². The number of thiazole rings is 1. The minimum atomic E-state index is -0.236. The first kappa shape index (κ1) is 21.6. The molecule has 2 aromatic heterocycles. The first-order valence-corrected chi connectivity index (χ1v) is 11.1. The van der Waals surface area contributed by atoms with E-state index in [-0.39, 0.29) is 5.91 Å². The van der Waals surface area contributed by atoms with Gasteiger partial charge in [-0.05, 0) is 50.1 Å². The van der Waals surface area contributed by atoms with Crippen molar-refractivity contribution in [3.05, 3.63) is 65.4 Å². The molecule has 0 fully saturated rings. The molecule has 0 bridgehead atoms. The summed E-state index contributed by atoms with van der Waals surface area (Å²) in [5.41, 5.74) is 5.12. The number of ether oxygens (including phenoxy) is 2. The summed E-state index contributed by atoms with van der Waals surface area (Å²) in [5, 5.41) is 6.22. The highest BCUT2D eigenvalue weighted by molar-refractivity contribution is 7.13. The van der Waals surface area contributed by atoms with E-state index < -0.39 is 0 Å². The standard InChI is InChI=1S/C25H24N2O4S/c1-5-30-22-12-23-20(21(13-31-23)17-7-6-8-18(10-17)29-4)11-19(22)15(2)9-24(28)27-25-26-16(3)14-32-25/h6-14H,5H2,1-4H3,(H,26,27,28)/b15-9+. The molecule has 4 rings (SSSR count). The number of nitrogens with one attached hydrogen (secondary N) is 1. The lowest BCUT2D eigenvalue weighted by molar-refractivity contribution is -0.111. The lowest BCUT2D eigenvalue weighted by Crippen LogP contribution is -2.08. The molecule has 32 heavy (non-hydrogen) atoms. The highest BCUT2D eigenvalue weighted by Crippen LogP contribution is 2.38. The highest BCUT2D eigenvalue weighted by Gasteiger charge is 2.16. The van der Waals surface area contributed by atoms with Crippen molar-refractivity contribution >= 4 is 38.9 Å². The van der Waals surface area contributed by atoms with E-state index in [4.69, 9.17) is 13.9 Å². The molecule has 0 radical (unpaired) electrons. The first-order valence-electron chi connectivity index (χ1n) is 10.2. The number of hydrogen-bond donors (Lipinski definition) is 1. The Balaban J connectivity index is 1.74. The van der Waals surface area contributed by atoms with Gasteiger partial charge in [0.25, 0.3) is 0 Å². The normalized spacial score (nSPS) is 11.6. The van der Waals surface area contributed by atoms with Crippen LogP contribution in [-0.4, -0.2) is 24.6 Å². The fourth-order valence-electron chi connectivity index (χ4n) is 3.48. The second kappa shape index (κ2) is 9.28. The van der Waals surface area contributed by atoms with Gasteiger partial charge in [-0.25, -0.2) is 4.98 Å². The van der Waals surface area contributed by atoms with Crippen LogP contribution in [0.2, 0.25) is 0 Å². The van der Waals surface area contributed by atoms with Crippen molar-refractivity contribution in [2.75, 3.05) is 19.0 Å². The minimum Gasteiger partial charge on any atom is -0.497 e. The van der Waals surface area contributed by atoms with Crippen LogP contribution < -0.4 is 14.8 Å². The van der Waals surface area contributed by atoms with Crippen molar-refractivity contribution in [1.29, 1.82) is 0 Å². The molecule has 0 atom stereocenters. The maximum Gasteiger partial charge on any atom is 0.250 e. The van der Waals surface area contributed by atoms with Crippen molar-refractivity contribution in [2.24, 2.45) is 0 Å². The van der Waals surface area contributed by atoms with Crippen LogP contribution in [0.1, 0.15) is 25.1 Å². The Bertz CT molecular complexity index is 1300. The highest BCUT2D eigenvalue weighted by atomic mass is 32.1. The molecule has 7 heteroatoms. The van der Waals surface area contributed by atoms with Crippen LogP contribution in [0.15, 0.2) is 58.5 Å². The smallest absolute Gasteiger partial charge is 0.250 e. The van der Waals surface area contributed by atoms with Gasteiger partial charge in [-0.2, -0.15) is 0 Å². The van der Waals surface area contributed by atoms with Gasteiger partial charge in [0.05, 0.1) is 25.7 Å².